The second kappa shape index (κ2) is 57.3. The minimum Gasteiger partial charge on any atom is -0.396 e. The molecular weight excluding hydrogens is 771 g/mol. The molecule has 0 aromatic heterocycles. The van der Waals surface area contributed by atoms with Crippen molar-refractivity contribution in [3.63, 3.8) is 0 Å². The summed E-state index contributed by atoms with van der Waals surface area (Å²) in [6, 6.07) is 0. The van der Waals surface area contributed by atoms with Crippen LogP contribution in [-0.4, -0.2) is 86.7 Å². The molecule has 5 N–H and O–H groups in total. The first-order valence-electron chi connectivity index (χ1n) is 26.8. The Morgan fingerprint density at radius 3 is 0.935 bits per heavy atom. The smallest absolute Gasteiger partial charge is 0.221 e. The van der Waals surface area contributed by atoms with Gasteiger partial charge >= 0.3 is 0 Å². The van der Waals surface area contributed by atoms with E-state index in [0.29, 0.717) is 45.3 Å². The van der Waals surface area contributed by atoms with Gasteiger partial charge in [-0.05, 0) is 38.6 Å². The van der Waals surface area contributed by atoms with E-state index in [0.717, 1.165) is 52.0 Å². The fourth-order valence-corrected chi connectivity index (χ4v) is 7.56. The van der Waals surface area contributed by atoms with Crippen molar-refractivity contribution >= 4 is 17.7 Å². The number of nitrogens with one attached hydrogen (secondary N) is 4. The molecule has 62 heavy (non-hydrogen) atoms. The van der Waals surface area contributed by atoms with Crippen LogP contribution < -0.4 is 21.3 Å². The number of hydrogen-bond acceptors (Lipinski definition) is 6. The zero-order valence-electron chi connectivity index (χ0n) is 41.4. The van der Waals surface area contributed by atoms with Crippen LogP contribution in [0.2, 0.25) is 0 Å². The van der Waals surface area contributed by atoms with E-state index in [1.54, 1.807) is 0 Å². The summed E-state index contributed by atoms with van der Waals surface area (Å²) in [5.74, 6) is 0.371. The molecule has 0 atom stereocenters. The molecule has 0 aliphatic carbocycles. The standard InChI is InChI=1S/C33H67N3O3.C19H40N2O.CH4/c1-3-5-7-9-11-13-15-17-19-21-26-34-32(38)24-29-36(28-23-31-37)30-25-33(39)35-27-22-20-18-16-14-12-10-8-6-4-2;1-3-5-7-8-9-10-11-12-13-14-17-21-19(22)15-18-20-16-6-4-2;/h37H,3-31H2,1-2H3,(H,34,38)(H,35,39);20H,3-18H2,1-2H3,(H,21,22);1H4. The minimum absolute atomic E-state index is 0. The van der Waals surface area contributed by atoms with E-state index in [4.69, 9.17) is 0 Å². The van der Waals surface area contributed by atoms with Gasteiger partial charge in [0, 0.05) is 71.7 Å². The van der Waals surface area contributed by atoms with Gasteiger partial charge in [-0.2, -0.15) is 0 Å². The number of aliphatic hydroxyl groups is 1. The van der Waals surface area contributed by atoms with Crippen LogP contribution in [0.25, 0.3) is 0 Å². The van der Waals surface area contributed by atoms with Crippen LogP contribution in [0.5, 0.6) is 0 Å². The van der Waals surface area contributed by atoms with Gasteiger partial charge in [0.25, 0.3) is 0 Å². The average Bonchev–Trinajstić information content (AvgIpc) is 3.26. The third kappa shape index (κ3) is 56.3. The maximum atomic E-state index is 12.3. The third-order valence-electron chi connectivity index (χ3n) is 11.7. The topological polar surface area (TPSA) is 123 Å². The Balaban J connectivity index is -0.00000128. The molecule has 0 rings (SSSR count). The second-order valence-electron chi connectivity index (χ2n) is 17.9. The first-order valence-corrected chi connectivity index (χ1v) is 26.8. The fourth-order valence-electron chi connectivity index (χ4n) is 7.56. The maximum absolute atomic E-state index is 12.3. The number of carbonyl (C=O) groups is 3. The summed E-state index contributed by atoms with van der Waals surface area (Å²) >= 11 is 0. The quantitative estimate of drug-likeness (QED) is 0.0388. The molecule has 0 aromatic rings. The lowest BCUT2D eigenvalue weighted by molar-refractivity contribution is -0.122. The highest BCUT2D eigenvalue weighted by atomic mass is 16.3. The summed E-state index contributed by atoms with van der Waals surface area (Å²) in [4.78, 5) is 38.3. The summed E-state index contributed by atoms with van der Waals surface area (Å²) in [5, 5.41) is 21.6. The normalized spacial score (nSPS) is 10.9. The molecule has 9 heteroatoms. The Labute approximate surface area is 387 Å². The average molecular weight is 883 g/mol. The molecular formula is C53H111N5O4. The Morgan fingerprint density at radius 1 is 0.339 bits per heavy atom. The van der Waals surface area contributed by atoms with E-state index in [2.05, 4.69) is 53.9 Å². The van der Waals surface area contributed by atoms with Gasteiger partial charge in [-0.1, -0.05) is 215 Å². The van der Waals surface area contributed by atoms with E-state index >= 15 is 0 Å². The van der Waals surface area contributed by atoms with Gasteiger partial charge in [0.1, 0.15) is 0 Å². The molecule has 0 saturated heterocycles. The molecule has 3 amide bonds. The van der Waals surface area contributed by atoms with Gasteiger partial charge in [0.05, 0.1) is 0 Å². The van der Waals surface area contributed by atoms with Crippen molar-refractivity contribution in [1.29, 1.82) is 0 Å². The Morgan fingerprint density at radius 2 is 0.629 bits per heavy atom. The van der Waals surface area contributed by atoms with E-state index in [1.807, 2.05) is 0 Å². The largest absolute Gasteiger partial charge is 0.396 e. The second-order valence-corrected chi connectivity index (χ2v) is 17.9. The molecule has 0 saturated carbocycles. The van der Waals surface area contributed by atoms with Crippen LogP contribution in [0.3, 0.4) is 0 Å². The number of carbonyl (C=O) groups excluding carboxylic acids is 3. The predicted molar refractivity (Wildman–Crippen MR) is 271 cm³/mol. The van der Waals surface area contributed by atoms with Crippen molar-refractivity contribution in [2.45, 2.75) is 266 Å². The summed E-state index contributed by atoms with van der Waals surface area (Å²) in [6.07, 6.45) is 43.9. The highest BCUT2D eigenvalue weighted by Gasteiger charge is 2.11. The van der Waals surface area contributed by atoms with Crippen molar-refractivity contribution in [2.24, 2.45) is 0 Å². The van der Waals surface area contributed by atoms with Crippen LogP contribution in [0.4, 0.5) is 0 Å². The minimum atomic E-state index is 0. The molecule has 0 radical (unpaired) electrons. The van der Waals surface area contributed by atoms with Gasteiger partial charge in [-0.15, -0.1) is 0 Å². The molecule has 0 aliphatic rings. The van der Waals surface area contributed by atoms with E-state index in [9.17, 15) is 19.5 Å². The molecule has 0 spiro atoms. The summed E-state index contributed by atoms with van der Waals surface area (Å²) < 4.78 is 0. The number of hydrogen-bond donors (Lipinski definition) is 5. The Bertz CT molecular complexity index is 850. The van der Waals surface area contributed by atoms with Gasteiger partial charge in [0.15, 0.2) is 0 Å². The fraction of sp³-hybridized carbons (Fsp3) is 0.943. The molecule has 0 bridgehead atoms. The van der Waals surface area contributed by atoms with Crippen LogP contribution in [0.1, 0.15) is 266 Å². The lowest BCUT2D eigenvalue weighted by Gasteiger charge is -2.21. The number of aliphatic hydroxyl groups excluding tert-OH is 1. The van der Waals surface area contributed by atoms with Gasteiger partial charge in [0.2, 0.25) is 17.7 Å². The van der Waals surface area contributed by atoms with E-state index in [-0.39, 0.29) is 31.8 Å². The van der Waals surface area contributed by atoms with Crippen molar-refractivity contribution in [3.8, 4) is 0 Å². The lowest BCUT2D eigenvalue weighted by Crippen LogP contribution is -2.35. The number of unbranched alkanes of at least 4 members (excludes halogenated alkanes) is 28. The molecule has 0 aliphatic heterocycles. The Kier molecular flexibility index (Phi) is 59.7. The lowest BCUT2D eigenvalue weighted by atomic mass is 10.1. The SMILES string of the molecule is C.CCCCCCCCCCCCNC(=O)CCN(CCCO)CCC(=O)NCCCCCCCCCCCC.CCCCCCCCCCCCNC(=O)CCNCCCC. The maximum Gasteiger partial charge on any atom is 0.221 e. The predicted octanol–water partition coefficient (Wildman–Crippen LogP) is 13.0. The zero-order valence-corrected chi connectivity index (χ0v) is 41.4. The van der Waals surface area contributed by atoms with Crippen molar-refractivity contribution in [3.05, 3.63) is 0 Å². The first kappa shape index (κ1) is 64.6. The van der Waals surface area contributed by atoms with Gasteiger partial charge in [-0.25, -0.2) is 0 Å². The van der Waals surface area contributed by atoms with Crippen molar-refractivity contribution < 1.29 is 19.5 Å². The van der Waals surface area contributed by atoms with Crippen LogP contribution in [0.15, 0.2) is 0 Å². The van der Waals surface area contributed by atoms with E-state index < -0.39 is 0 Å². The van der Waals surface area contributed by atoms with Gasteiger partial charge in [-0.3, -0.25) is 14.4 Å². The monoisotopic (exact) mass is 882 g/mol. The van der Waals surface area contributed by atoms with Crippen LogP contribution in [-0.2, 0) is 14.4 Å². The molecule has 0 fully saturated rings. The van der Waals surface area contributed by atoms with Crippen LogP contribution in [0, 0.1) is 0 Å². The molecule has 0 heterocycles. The summed E-state index contributed by atoms with van der Waals surface area (Å²) in [5.41, 5.74) is 0. The molecule has 372 valence electrons. The Hall–Kier alpha value is -1.71. The van der Waals surface area contributed by atoms with Crippen LogP contribution >= 0.6 is 0 Å². The molecule has 0 aromatic carbocycles. The number of nitrogens with zero attached hydrogens (tertiary/aromatic N) is 1. The zero-order chi connectivity index (χ0) is 45.0. The number of rotatable bonds is 48. The highest BCUT2D eigenvalue weighted by Crippen LogP contribution is 2.12. The molecule has 9 nitrogen and oxygen atoms in total. The van der Waals surface area contributed by atoms with E-state index in [1.165, 1.54) is 186 Å². The summed E-state index contributed by atoms with van der Waals surface area (Å²) in [6.45, 7) is 15.3. The summed E-state index contributed by atoms with van der Waals surface area (Å²) in [7, 11) is 0. The number of amides is 3. The van der Waals surface area contributed by atoms with Crippen molar-refractivity contribution in [2.75, 3.05) is 59.0 Å². The third-order valence-corrected chi connectivity index (χ3v) is 11.7. The van der Waals surface area contributed by atoms with Gasteiger partial charge < -0.3 is 31.3 Å². The highest BCUT2D eigenvalue weighted by molar-refractivity contribution is 5.77. The first-order chi connectivity index (χ1) is 29.9. The van der Waals surface area contributed by atoms with Crippen molar-refractivity contribution in [1.82, 2.24) is 26.2 Å². The molecule has 0 unspecified atom stereocenters.